The van der Waals surface area contributed by atoms with E-state index in [2.05, 4.69) is 5.10 Å². The molecule has 3 aromatic rings. The molecule has 1 aliphatic rings. The van der Waals surface area contributed by atoms with Crippen molar-refractivity contribution in [2.24, 2.45) is 0 Å². The number of nitrogens with zero attached hydrogens (tertiary/aromatic N) is 4. The molecule has 1 atom stereocenters. The zero-order valence-corrected chi connectivity index (χ0v) is 17.7. The Balaban J connectivity index is 1.69. The average Bonchev–Trinajstić information content (AvgIpc) is 3.20. The van der Waals surface area contributed by atoms with Gasteiger partial charge in [0.15, 0.2) is 5.69 Å². The molecule has 0 spiro atoms. The predicted octanol–water partition coefficient (Wildman–Crippen LogP) is 3.75. The Bertz CT molecular complexity index is 1220. The molecule has 0 saturated heterocycles. The van der Waals surface area contributed by atoms with Gasteiger partial charge in [0.25, 0.3) is 5.91 Å². The maximum Gasteiger partial charge on any atom is 0.407 e. The van der Waals surface area contributed by atoms with Crippen molar-refractivity contribution in [1.82, 2.24) is 14.7 Å². The number of aromatic nitrogens is 2. The number of aromatic carboxylic acids is 1. The predicted molar refractivity (Wildman–Crippen MR) is 117 cm³/mol. The fourth-order valence-corrected chi connectivity index (χ4v) is 3.96. The summed E-state index contributed by atoms with van der Waals surface area (Å²) >= 11 is 6.44. The van der Waals surface area contributed by atoms with E-state index in [1.807, 2.05) is 0 Å². The number of hydrogen-bond donors (Lipinski definition) is 2. The summed E-state index contributed by atoms with van der Waals surface area (Å²) in [4.78, 5) is 39.1. The molecular formula is C22H19ClN4O5. The minimum absolute atomic E-state index is 0.112. The summed E-state index contributed by atoms with van der Waals surface area (Å²) in [6.45, 7) is 2.10. The minimum Gasteiger partial charge on any atom is -0.476 e. The van der Waals surface area contributed by atoms with Gasteiger partial charge in [-0.3, -0.25) is 9.69 Å². The number of carbonyl (C=O) groups excluding carboxylic acids is 1. The maximum absolute atomic E-state index is 13.5. The lowest BCUT2D eigenvalue weighted by Gasteiger charge is -2.27. The number of fused-ring (bicyclic) bond motifs is 1. The molecule has 4 rings (SSSR count). The molecule has 2 aromatic carbocycles. The number of rotatable bonds is 3. The van der Waals surface area contributed by atoms with E-state index in [4.69, 9.17) is 16.7 Å². The molecule has 0 radical (unpaired) electrons. The van der Waals surface area contributed by atoms with Gasteiger partial charge in [-0.1, -0.05) is 29.8 Å². The van der Waals surface area contributed by atoms with E-state index in [0.29, 0.717) is 11.4 Å². The number of para-hydroxylation sites is 1. The highest BCUT2D eigenvalue weighted by Crippen LogP contribution is 2.30. The average molecular weight is 455 g/mol. The quantitative estimate of drug-likeness (QED) is 0.622. The van der Waals surface area contributed by atoms with Crippen molar-refractivity contribution in [1.29, 1.82) is 0 Å². The van der Waals surface area contributed by atoms with Crippen molar-refractivity contribution in [3.63, 3.8) is 0 Å². The van der Waals surface area contributed by atoms with Crippen molar-refractivity contribution < 1.29 is 24.6 Å². The van der Waals surface area contributed by atoms with Crippen molar-refractivity contribution in [3.05, 3.63) is 76.6 Å². The van der Waals surface area contributed by atoms with Crippen LogP contribution in [0.25, 0.3) is 5.69 Å². The number of hydrogen-bond acceptors (Lipinski definition) is 4. The van der Waals surface area contributed by atoms with Gasteiger partial charge in [-0.05, 0) is 42.8 Å². The van der Waals surface area contributed by atoms with Crippen LogP contribution in [0.15, 0.2) is 54.7 Å². The molecule has 9 nitrogen and oxygen atoms in total. The lowest BCUT2D eigenvalue weighted by molar-refractivity contribution is 0.0689. The van der Waals surface area contributed by atoms with Crippen LogP contribution in [0.1, 0.15) is 33.3 Å². The number of carbonyl (C=O) groups is 3. The normalized spacial score (nSPS) is 15.8. The molecule has 2 amide bonds. The summed E-state index contributed by atoms with van der Waals surface area (Å²) in [5.41, 5.74) is 1.98. The minimum atomic E-state index is -1.15. The van der Waals surface area contributed by atoms with E-state index >= 15 is 0 Å². The van der Waals surface area contributed by atoms with Gasteiger partial charge < -0.3 is 15.1 Å². The van der Waals surface area contributed by atoms with Gasteiger partial charge >= 0.3 is 12.1 Å². The van der Waals surface area contributed by atoms with Gasteiger partial charge in [-0.15, -0.1) is 0 Å². The number of amides is 2. The van der Waals surface area contributed by atoms with Crippen LogP contribution in [-0.2, 0) is 6.54 Å². The maximum atomic E-state index is 13.5. The van der Waals surface area contributed by atoms with Crippen LogP contribution in [0, 0.1) is 0 Å². The Morgan fingerprint density at radius 3 is 2.50 bits per heavy atom. The second-order valence-electron chi connectivity index (χ2n) is 7.42. The number of carboxylic acid groups (broad SMARTS) is 2. The Hall–Kier alpha value is -3.85. The smallest absolute Gasteiger partial charge is 0.407 e. The van der Waals surface area contributed by atoms with Crippen LogP contribution in [0.3, 0.4) is 0 Å². The molecular weight excluding hydrogens is 436 g/mol. The summed E-state index contributed by atoms with van der Waals surface area (Å²) in [6.07, 6.45) is 0.438. The fraction of sp³-hybridized carbons (Fsp3) is 0.182. The van der Waals surface area contributed by atoms with Crippen LogP contribution < -0.4 is 4.90 Å². The standard InChI is InChI=1S/C22H19ClN4O5/c1-13-11-26(19-5-3-2-4-14(19)12-25(13)22(31)32)20(28)16-7-6-15(10-17(16)23)27-9-8-18(24-27)21(29)30/h2-10,13H,11-12H2,1H3,(H,29,30)(H,31,32)/t13-/m1/s1. The Kier molecular flexibility index (Phi) is 5.58. The summed E-state index contributed by atoms with van der Waals surface area (Å²) in [5.74, 6) is -1.51. The van der Waals surface area contributed by atoms with Crippen LogP contribution in [0.2, 0.25) is 5.02 Å². The van der Waals surface area contributed by atoms with Gasteiger partial charge in [-0.2, -0.15) is 5.10 Å². The number of anilines is 1. The molecule has 2 N–H and O–H groups in total. The van der Waals surface area contributed by atoms with Crippen LogP contribution >= 0.6 is 11.6 Å². The van der Waals surface area contributed by atoms with Crippen molar-refractivity contribution in [2.45, 2.75) is 19.5 Å². The molecule has 0 saturated carbocycles. The Morgan fingerprint density at radius 2 is 1.84 bits per heavy atom. The van der Waals surface area contributed by atoms with Crippen molar-refractivity contribution >= 4 is 35.3 Å². The molecule has 0 aliphatic carbocycles. The van der Waals surface area contributed by atoms with Crippen molar-refractivity contribution in [2.75, 3.05) is 11.4 Å². The van der Waals surface area contributed by atoms with E-state index in [9.17, 15) is 19.5 Å². The summed E-state index contributed by atoms with van der Waals surface area (Å²) in [6, 6.07) is 12.8. The van der Waals surface area contributed by atoms with Gasteiger partial charge in [0, 0.05) is 18.4 Å². The zero-order chi connectivity index (χ0) is 23.0. The first-order valence-corrected chi connectivity index (χ1v) is 10.1. The first-order chi connectivity index (χ1) is 15.3. The third-order valence-corrected chi connectivity index (χ3v) is 5.66. The fourth-order valence-electron chi connectivity index (χ4n) is 3.70. The summed E-state index contributed by atoms with van der Waals surface area (Å²) in [7, 11) is 0. The molecule has 10 heteroatoms. The van der Waals surface area contributed by atoms with E-state index in [1.54, 1.807) is 48.2 Å². The zero-order valence-electron chi connectivity index (χ0n) is 17.0. The third kappa shape index (κ3) is 3.90. The lowest BCUT2D eigenvalue weighted by Crippen LogP contribution is -2.44. The number of halogens is 1. The Morgan fingerprint density at radius 1 is 1.09 bits per heavy atom. The molecule has 0 unspecified atom stereocenters. The summed E-state index contributed by atoms with van der Waals surface area (Å²) in [5, 5.41) is 22.8. The largest absolute Gasteiger partial charge is 0.476 e. The first kappa shape index (κ1) is 21.4. The van der Waals surface area contributed by atoms with Gasteiger partial charge in [0.05, 0.1) is 28.9 Å². The van der Waals surface area contributed by atoms with Gasteiger partial charge in [-0.25, -0.2) is 14.3 Å². The van der Waals surface area contributed by atoms with Gasteiger partial charge in [0.2, 0.25) is 0 Å². The highest BCUT2D eigenvalue weighted by molar-refractivity contribution is 6.34. The highest BCUT2D eigenvalue weighted by atomic mass is 35.5. The van der Waals surface area contributed by atoms with Crippen molar-refractivity contribution in [3.8, 4) is 5.69 Å². The molecule has 0 fully saturated rings. The number of carboxylic acids is 1. The van der Waals surface area contributed by atoms with E-state index in [1.165, 1.54) is 27.9 Å². The number of benzene rings is 2. The van der Waals surface area contributed by atoms with E-state index < -0.39 is 18.1 Å². The van der Waals surface area contributed by atoms with Crippen LogP contribution in [-0.4, -0.2) is 55.4 Å². The highest BCUT2D eigenvalue weighted by Gasteiger charge is 2.32. The SMILES string of the molecule is C[C@@H]1CN(C(=O)c2ccc(-n3ccc(C(=O)O)n3)cc2Cl)c2ccccc2CN1C(=O)O. The molecule has 164 valence electrons. The second-order valence-corrected chi connectivity index (χ2v) is 7.83. The molecule has 0 bridgehead atoms. The Labute approximate surface area is 188 Å². The first-order valence-electron chi connectivity index (χ1n) is 9.74. The lowest BCUT2D eigenvalue weighted by atomic mass is 10.1. The van der Waals surface area contributed by atoms with Crippen LogP contribution in [0.5, 0.6) is 0 Å². The molecule has 1 aromatic heterocycles. The molecule has 2 heterocycles. The monoisotopic (exact) mass is 454 g/mol. The molecule has 32 heavy (non-hydrogen) atoms. The summed E-state index contributed by atoms with van der Waals surface area (Å²) < 4.78 is 1.36. The molecule has 1 aliphatic heterocycles. The third-order valence-electron chi connectivity index (χ3n) is 5.35. The van der Waals surface area contributed by atoms with E-state index in [0.717, 1.165) is 5.56 Å². The second kappa shape index (κ2) is 8.35. The topological polar surface area (TPSA) is 116 Å². The van der Waals surface area contributed by atoms with Gasteiger partial charge in [0.1, 0.15) is 0 Å². The van der Waals surface area contributed by atoms with E-state index in [-0.39, 0.29) is 35.3 Å². The van der Waals surface area contributed by atoms with Crippen LogP contribution in [0.4, 0.5) is 10.5 Å².